The zero-order valence-corrected chi connectivity index (χ0v) is 16.5. The molecule has 0 spiro atoms. The van der Waals surface area contributed by atoms with Crippen molar-refractivity contribution in [1.29, 1.82) is 0 Å². The van der Waals surface area contributed by atoms with Gasteiger partial charge in [-0.25, -0.2) is 0 Å². The molecule has 0 aliphatic heterocycles. The minimum Gasteiger partial charge on any atom is -0.462 e. The Bertz CT molecular complexity index is 491. The van der Waals surface area contributed by atoms with Gasteiger partial charge in [-0.2, -0.15) is 23.5 Å². The SMILES string of the molecule is CCSCCC(=O)OC(CCSCC)C(C)C(=O)c1ccccc1. The van der Waals surface area contributed by atoms with E-state index in [2.05, 4.69) is 13.8 Å². The van der Waals surface area contributed by atoms with E-state index in [1.807, 2.05) is 37.3 Å². The third-order valence-electron chi connectivity index (χ3n) is 3.72. The quantitative estimate of drug-likeness (QED) is 0.304. The highest BCUT2D eigenvalue weighted by molar-refractivity contribution is 7.99. The van der Waals surface area contributed by atoms with Crippen LogP contribution in [0.5, 0.6) is 0 Å². The molecule has 0 heterocycles. The molecule has 0 amide bonds. The molecule has 1 rings (SSSR count). The molecule has 24 heavy (non-hydrogen) atoms. The molecule has 0 saturated heterocycles. The lowest BCUT2D eigenvalue weighted by atomic mass is 9.93. The van der Waals surface area contributed by atoms with E-state index < -0.39 is 0 Å². The molecule has 2 unspecified atom stereocenters. The molecule has 0 aliphatic rings. The predicted octanol–water partition coefficient (Wildman–Crippen LogP) is 4.70. The lowest BCUT2D eigenvalue weighted by Crippen LogP contribution is -2.31. The Kier molecular flexibility index (Phi) is 10.9. The molecule has 3 nitrogen and oxygen atoms in total. The molecule has 0 saturated carbocycles. The first-order valence-electron chi connectivity index (χ1n) is 8.54. The average Bonchev–Trinajstić information content (AvgIpc) is 2.60. The first-order chi connectivity index (χ1) is 11.6. The van der Waals surface area contributed by atoms with Crippen molar-refractivity contribution in [3.8, 4) is 0 Å². The number of esters is 1. The maximum absolute atomic E-state index is 12.7. The Morgan fingerprint density at radius 3 is 2.29 bits per heavy atom. The lowest BCUT2D eigenvalue weighted by Gasteiger charge is -2.23. The van der Waals surface area contributed by atoms with Crippen molar-refractivity contribution >= 4 is 35.3 Å². The van der Waals surface area contributed by atoms with Crippen LogP contribution in [-0.4, -0.2) is 40.9 Å². The highest BCUT2D eigenvalue weighted by Crippen LogP contribution is 2.20. The lowest BCUT2D eigenvalue weighted by molar-refractivity contribution is -0.150. The summed E-state index contributed by atoms with van der Waals surface area (Å²) < 4.78 is 5.66. The number of benzene rings is 1. The van der Waals surface area contributed by atoms with Crippen LogP contribution in [0.15, 0.2) is 30.3 Å². The summed E-state index contributed by atoms with van der Waals surface area (Å²) in [6, 6.07) is 9.24. The van der Waals surface area contributed by atoms with Gasteiger partial charge in [-0.1, -0.05) is 51.1 Å². The van der Waals surface area contributed by atoms with E-state index in [1.54, 1.807) is 23.5 Å². The Labute approximate surface area is 154 Å². The van der Waals surface area contributed by atoms with E-state index in [1.165, 1.54) is 0 Å². The van der Waals surface area contributed by atoms with Gasteiger partial charge in [0.1, 0.15) is 6.10 Å². The molecule has 2 atom stereocenters. The second-order valence-corrected chi connectivity index (χ2v) is 8.27. The van der Waals surface area contributed by atoms with E-state index in [4.69, 9.17) is 4.74 Å². The second-order valence-electron chi connectivity index (χ2n) is 5.48. The maximum Gasteiger partial charge on any atom is 0.306 e. The molecule has 0 N–H and O–H groups in total. The summed E-state index contributed by atoms with van der Waals surface area (Å²) in [7, 11) is 0. The standard InChI is InChI=1S/C19H28O3S2/c1-4-23-13-11-17(22-18(20)12-14-24-5-2)15(3)19(21)16-9-7-6-8-10-16/h6-10,15,17H,4-5,11-14H2,1-3H3. The number of hydrogen-bond donors (Lipinski definition) is 0. The van der Waals surface area contributed by atoms with Crippen molar-refractivity contribution in [3.63, 3.8) is 0 Å². The van der Waals surface area contributed by atoms with Gasteiger partial charge in [0, 0.05) is 11.3 Å². The molecule has 0 aliphatic carbocycles. The Morgan fingerprint density at radius 1 is 1.04 bits per heavy atom. The predicted molar refractivity (Wildman–Crippen MR) is 105 cm³/mol. The fourth-order valence-electron chi connectivity index (χ4n) is 2.32. The van der Waals surface area contributed by atoms with Crippen LogP contribution >= 0.6 is 23.5 Å². The van der Waals surface area contributed by atoms with Crippen LogP contribution in [0.3, 0.4) is 0 Å². The van der Waals surface area contributed by atoms with Gasteiger partial charge >= 0.3 is 5.97 Å². The topological polar surface area (TPSA) is 43.4 Å². The van der Waals surface area contributed by atoms with Crippen LogP contribution in [0, 0.1) is 5.92 Å². The van der Waals surface area contributed by atoms with E-state index in [0.717, 1.165) is 23.0 Å². The van der Waals surface area contributed by atoms with Crippen LogP contribution < -0.4 is 0 Å². The van der Waals surface area contributed by atoms with Gasteiger partial charge in [-0.3, -0.25) is 9.59 Å². The van der Waals surface area contributed by atoms with Crippen molar-refractivity contribution in [2.24, 2.45) is 5.92 Å². The Hall–Kier alpha value is -0.940. The van der Waals surface area contributed by atoms with Gasteiger partial charge in [0.15, 0.2) is 5.78 Å². The molecule has 134 valence electrons. The molecule has 1 aromatic rings. The van der Waals surface area contributed by atoms with E-state index in [-0.39, 0.29) is 23.8 Å². The Morgan fingerprint density at radius 2 is 1.67 bits per heavy atom. The van der Waals surface area contributed by atoms with Crippen LogP contribution in [0.1, 0.15) is 44.0 Å². The normalized spacial score (nSPS) is 13.3. The summed E-state index contributed by atoms with van der Waals surface area (Å²) in [6.07, 6.45) is 0.767. The summed E-state index contributed by atoms with van der Waals surface area (Å²) in [6.45, 7) is 6.04. The molecule has 1 aromatic carbocycles. The maximum atomic E-state index is 12.7. The molecule has 5 heteroatoms. The number of rotatable bonds is 12. The molecule has 0 fully saturated rings. The number of hydrogen-bond acceptors (Lipinski definition) is 5. The average molecular weight is 369 g/mol. The van der Waals surface area contributed by atoms with Crippen molar-refractivity contribution in [1.82, 2.24) is 0 Å². The number of carbonyl (C=O) groups is 2. The smallest absolute Gasteiger partial charge is 0.306 e. The van der Waals surface area contributed by atoms with E-state index in [0.29, 0.717) is 18.4 Å². The molecular formula is C19H28O3S2. The Balaban J connectivity index is 2.68. The number of ketones is 1. The van der Waals surface area contributed by atoms with Crippen molar-refractivity contribution in [2.75, 3.05) is 23.0 Å². The molecule has 0 bridgehead atoms. The molecule has 0 aromatic heterocycles. The summed E-state index contributed by atoms with van der Waals surface area (Å²) in [4.78, 5) is 24.7. The molecule has 0 radical (unpaired) electrons. The van der Waals surface area contributed by atoms with Gasteiger partial charge in [-0.15, -0.1) is 0 Å². The summed E-state index contributed by atoms with van der Waals surface area (Å²) in [5, 5.41) is 0. The highest BCUT2D eigenvalue weighted by Gasteiger charge is 2.27. The summed E-state index contributed by atoms with van der Waals surface area (Å²) in [5.41, 5.74) is 0.677. The van der Waals surface area contributed by atoms with Crippen molar-refractivity contribution < 1.29 is 14.3 Å². The summed E-state index contributed by atoms with van der Waals surface area (Å²) in [5.74, 6) is 3.19. The van der Waals surface area contributed by atoms with Gasteiger partial charge in [0.05, 0.1) is 12.3 Å². The number of carbonyl (C=O) groups excluding carboxylic acids is 2. The number of ether oxygens (including phenoxy) is 1. The van der Waals surface area contributed by atoms with Crippen LogP contribution in [0.2, 0.25) is 0 Å². The largest absolute Gasteiger partial charge is 0.462 e. The zero-order chi connectivity index (χ0) is 17.8. The van der Waals surface area contributed by atoms with Gasteiger partial charge in [0.2, 0.25) is 0 Å². The van der Waals surface area contributed by atoms with E-state index >= 15 is 0 Å². The number of Topliss-reactive ketones (excluding diaryl/α,β-unsaturated/α-hetero) is 1. The van der Waals surface area contributed by atoms with Crippen molar-refractivity contribution in [3.05, 3.63) is 35.9 Å². The minimum absolute atomic E-state index is 0.0397. The van der Waals surface area contributed by atoms with Gasteiger partial charge in [-0.05, 0) is 23.7 Å². The number of thioether (sulfide) groups is 2. The third kappa shape index (κ3) is 7.75. The van der Waals surface area contributed by atoms with Gasteiger partial charge < -0.3 is 4.74 Å². The monoisotopic (exact) mass is 368 g/mol. The van der Waals surface area contributed by atoms with Gasteiger partial charge in [0.25, 0.3) is 0 Å². The van der Waals surface area contributed by atoms with Crippen LogP contribution in [0.25, 0.3) is 0 Å². The highest BCUT2D eigenvalue weighted by atomic mass is 32.2. The summed E-state index contributed by atoms with van der Waals surface area (Å²) >= 11 is 3.53. The van der Waals surface area contributed by atoms with Crippen LogP contribution in [-0.2, 0) is 9.53 Å². The van der Waals surface area contributed by atoms with Crippen molar-refractivity contribution in [2.45, 2.75) is 39.7 Å². The minimum atomic E-state index is -0.351. The first-order valence-corrected chi connectivity index (χ1v) is 10.8. The fourth-order valence-corrected chi connectivity index (χ4v) is 3.60. The zero-order valence-electron chi connectivity index (χ0n) is 14.8. The fraction of sp³-hybridized carbons (Fsp3) is 0.579. The third-order valence-corrected chi connectivity index (χ3v) is 5.55. The van der Waals surface area contributed by atoms with Crippen LogP contribution in [0.4, 0.5) is 0 Å². The first kappa shape index (κ1) is 21.1. The molecular weight excluding hydrogens is 340 g/mol. The van der Waals surface area contributed by atoms with E-state index in [9.17, 15) is 9.59 Å². The second kappa shape index (κ2) is 12.4.